The number of hydrogen-bond donors (Lipinski definition) is 1. The van der Waals surface area contributed by atoms with Crippen molar-refractivity contribution in [1.29, 1.82) is 0 Å². The van der Waals surface area contributed by atoms with E-state index in [0.29, 0.717) is 13.1 Å². The van der Waals surface area contributed by atoms with Gasteiger partial charge in [0, 0.05) is 36.0 Å². The molecule has 0 radical (unpaired) electrons. The SMILES string of the molecule is Cc1nc(CNC(=O)N(C)C[C@H](C)c2nccs2)c(C)s1. The predicted octanol–water partition coefficient (Wildman–Crippen LogP) is 3.16. The van der Waals surface area contributed by atoms with Crippen LogP contribution >= 0.6 is 22.7 Å². The van der Waals surface area contributed by atoms with Crippen LogP contribution in [0.25, 0.3) is 0 Å². The third-order valence-electron chi connectivity index (χ3n) is 3.17. The van der Waals surface area contributed by atoms with Crippen molar-refractivity contribution in [2.75, 3.05) is 13.6 Å². The fraction of sp³-hybridized carbons (Fsp3) is 0.500. The topological polar surface area (TPSA) is 58.1 Å². The molecule has 7 heteroatoms. The number of nitrogens with zero attached hydrogens (tertiary/aromatic N) is 3. The maximum absolute atomic E-state index is 12.1. The Balaban J connectivity index is 1.84. The van der Waals surface area contributed by atoms with Gasteiger partial charge in [-0.15, -0.1) is 22.7 Å². The number of aromatic nitrogens is 2. The van der Waals surface area contributed by atoms with E-state index in [0.717, 1.165) is 20.6 Å². The zero-order chi connectivity index (χ0) is 15.4. The lowest BCUT2D eigenvalue weighted by Gasteiger charge is -2.20. The standard InChI is InChI=1S/C14H20N4OS2/c1-9(13-15-5-6-20-13)8-18(4)14(19)16-7-12-10(2)21-11(3)17-12/h5-6,9H,7-8H2,1-4H3,(H,16,19)/t9-/m0/s1. The number of thiazole rings is 2. The molecule has 2 amide bonds. The minimum absolute atomic E-state index is 0.0801. The molecule has 0 bridgehead atoms. The van der Waals surface area contributed by atoms with Gasteiger partial charge in [-0.3, -0.25) is 0 Å². The van der Waals surface area contributed by atoms with Crippen LogP contribution in [-0.4, -0.2) is 34.5 Å². The van der Waals surface area contributed by atoms with E-state index in [-0.39, 0.29) is 11.9 Å². The number of hydrogen-bond acceptors (Lipinski definition) is 5. The Morgan fingerprint density at radius 3 is 2.81 bits per heavy atom. The molecular weight excluding hydrogens is 304 g/mol. The second-order valence-electron chi connectivity index (χ2n) is 5.05. The second-order valence-corrected chi connectivity index (χ2v) is 7.38. The van der Waals surface area contributed by atoms with Gasteiger partial charge >= 0.3 is 6.03 Å². The smallest absolute Gasteiger partial charge is 0.317 e. The van der Waals surface area contributed by atoms with E-state index in [9.17, 15) is 4.79 Å². The summed E-state index contributed by atoms with van der Waals surface area (Å²) < 4.78 is 0. The van der Waals surface area contributed by atoms with Crippen molar-refractivity contribution in [2.45, 2.75) is 33.2 Å². The molecule has 0 spiro atoms. The van der Waals surface area contributed by atoms with Gasteiger partial charge in [-0.05, 0) is 13.8 Å². The molecule has 0 unspecified atom stereocenters. The lowest BCUT2D eigenvalue weighted by atomic mass is 10.2. The number of nitrogens with one attached hydrogen (secondary N) is 1. The van der Waals surface area contributed by atoms with E-state index in [4.69, 9.17) is 0 Å². The highest BCUT2D eigenvalue weighted by atomic mass is 32.1. The Morgan fingerprint density at radius 2 is 2.24 bits per heavy atom. The maximum Gasteiger partial charge on any atom is 0.317 e. The van der Waals surface area contributed by atoms with Crippen molar-refractivity contribution in [3.63, 3.8) is 0 Å². The highest BCUT2D eigenvalue weighted by molar-refractivity contribution is 7.11. The Hall–Kier alpha value is -1.47. The van der Waals surface area contributed by atoms with Crippen LogP contribution in [-0.2, 0) is 6.54 Å². The number of carbonyl (C=O) groups excluding carboxylic acids is 1. The summed E-state index contributed by atoms with van der Waals surface area (Å²) in [4.78, 5) is 23.7. The zero-order valence-corrected chi connectivity index (χ0v) is 14.3. The number of amides is 2. The van der Waals surface area contributed by atoms with Crippen molar-refractivity contribution in [3.05, 3.63) is 32.2 Å². The number of carbonyl (C=O) groups is 1. The van der Waals surface area contributed by atoms with Crippen LogP contribution in [0.5, 0.6) is 0 Å². The average Bonchev–Trinajstić information content (AvgIpc) is 3.05. The van der Waals surface area contributed by atoms with Crippen LogP contribution < -0.4 is 5.32 Å². The molecular formula is C14H20N4OS2. The minimum atomic E-state index is -0.0801. The van der Waals surface area contributed by atoms with E-state index < -0.39 is 0 Å². The van der Waals surface area contributed by atoms with Crippen LogP contribution in [0.1, 0.15) is 33.4 Å². The largest absolute Gasteiger partial charge is 0.332 e. The van der Waals surface area contributed by atoms with Crippen molar-refractivity contribution in [2.24, 2.45) is 0 Å². The van der Waals surface area contributed by atoms with Gasteiger partial charge in [-0.25, -0.2) is 14.8 Å². The van der Waals surface area contributed by atoms with E-state index in [1.807, 2.05) is 19.2 Å². The lowest BCUT2D eigenvalue weighted by Crippen LogP contribution is -2.38. The number of rotatable bonds is 5. The highest BCUT2D eigenvalue weighted by Gasteiger charge is 2.16. The van der Waals surface area contributed by atoms with Gasteiger partial charge < -0.3 is 10.2 Å². The summed E-state index contributed by atoms with van der Waals surface area (Å²) in [5, 5.41) is 6.96. The summed E-state index contributed by atoms with van der Waals surface area (Å²) in [5.74, 6) is 0.240. The monoisotopic (exact) mass is 324 g/mol. The molecule has 0 aromatic carbocycles. The Labute approximate surface area is 133 Å². The van der Waals surface area contributed by atoms with Crippen molar-refractivity contribution >= 4 is 28.7 Å². The molecule has 2 aromatic heterocycles. The van der Waals surface area contributed by atoms with Gasteiger partial charge in [0.25, 0.3) is 0 Å². The summed E-state index contributed by atoms with van der Waals surface area (Å²) >= 11 is 3.28. The fourth-order valence-electron chi connectivity index (χ4n) is 2.08. The number of aryl methyl sites for hydroxylation is 2. The quantitative estimate of drug-likeness (QED) is 0.919. The van der Waals surface area contributed by atoms with Crippen LogP contribution in [0.4, 0.5) is 4.79 Å². The summed E-state index contributed by atoms with van der Waals surface area (Å²) in [6, 6.07) is -0.0801. The van der Waals surface area contributed by atoms with Gasteiger partial charge in [0.2, 0.25) is 0 Å². The zero-order valence-electron chi connectivity index (χ0n) is 12.7. The predicted molar refractivity (Wildman–Crippen MR) is 87.0 cm³/mol. The summed E-state index contributed by atoms with van der Waals surface area (Å²) in [6.45, 7) is 7.21. The Kier molecular flexibility index (Phi) is 5.30. The molecule has 0 saturated carbocycles. The molecule has 2 rings (SSSR count). The van der Waals surface area contributed by atoms with Crippen molar-refractivity contribution < 1.29 is 4.79 Å². The van der Waals surface area contributed by atoms with E-state index in [2.05, 4.69) is 22.2 Å². The van der Waals surface area contributed by atoms with Gasteiger partial charge in [-0.2, -0.15) is 0 Å². The molecule has 5 nitrogen and oxygen atoms in total. The molecule has 0 aliphatic rings. The van der Waals surface area contributed by atoms with E-state index >= 15 is 0 Å². The van der Waals surface area contributed by atoms with Gasteiger partial charge in [-0.1, -0.05) is 6.92 Å². The minimum Gasteiger partial charge on any atom is -0.332 e. The van der Waals surface area contributed by atoms with Crippen molar-refractivity contribution in [3.8, 4) is 0 Å². The van der Waals surface area contributed by atoms with Crippen LogP contribution in [0.15, 0.2) is 11.6 Å². The van der Waals surface area contributed by atoms with Crippen molar-refractivity contribution in [1.82, 2.24) is 20.2 Å². The third kappa shape index (κ3) is 4.25. The van der Waals surface area contributed by atoms with Gasteiger partial charge in [0.1, 0.15) is 0 Å². The van der Waals surface area contributed by atoms with Gasteiger partial charge in [0.15, 0.2) is 0 Å². The first-order valence-corrected chi connectivity index (χ1v) is 8.48. The third-order valence-corrected chi connectivity index (χ3v) is 5.11. The molecule has 2 heterocycles. The normalized spacial score (nSPS) is 12.2. The Bertz CT molecular complexity index is 594. The van der Waals surface area contributed by atoms with Crippen LogP contribution in [0.2, 0.25) is 0 Å². The van der Waals surface area contributed by atoms with E-state index in [1.54, 1.807) is 40.8 Å². The molecule has 0 saturated heterocycles. The molecule has 1 atom stereocenters. The van der Waals surface area contributed by atoms with Gasteiger partial charge in [0.05, 0.1) is 22.3 Å². The molecule has 21 heavy (non-hydrogen) atoms. The summed E-state index contributed by atoms with van der Waals surface area (Å²) in [6.07, 6.45) is 1.80. The molecule has 1 N–H and O–H groups in total. The lowest BCUT2D eigenvalue weighted by molar-refractivity contribution is 0.206. The number of likely N-dealkylation sites (N-methyl/N-ethyl adjacent to an activating group) is 1. The summed E-state index contributed by atoms with van der Waals surface area (Å²) in [7, 11) is 1.80. The first-order chi connectivity index (χ1) is 9.97. The molecule has 0 aliphatic heterocycles. The average molecular weight is 324 g/mol. The fourth-order valence-corrected chi connectivity index (χ4v) is 3.60. The second kappa shape index (κ2) is 7.00. The molecule has 0 aliphatic carbocycles. The number of urea groups is 1. The molecule has 2 aromatic rings. The van der Waals surface area contributed by atoms with Crippen LogP contribution in [0, 0.1) is 13.8 Å². The molecule has 0 fully saturated rings. The van der Waals surface area contributed by atoms with Crippen LogP contribution in [0.3, 0.4) is 0 Å². The maximum atomic E-state index is 12.1. The molecule has 114 valence electrons. The Morgan fingerprint density at radius 1 is 1.48 bits per heavy atom. The van der Waals surface area contributed by atoms with E-state index in [1.165, 1.54) is 0 Å². The first kappa shape index (κ1) is 15.9. The first-order valence-electron chi connectivity index (χ1n) is 6.78. The summed E-state index contributed by atoms with van der Waals surface area (Å²) in [5.41, 5.74) is 0.951. The highest BCUT2D eigenvalue weighted by Crippen LogP contribution is 2.18.